The number of fused-ring (bicyclic) bond motifs is 1. The van der Waals surface area contributed by atoms with E-state index < -0.39 is 9.05 Å². The molecule has 27 heavy (non-hydrogen) atoms. The lowest BCUT2D eigenvalue weighted by atomic mass is 9.77. The third-order valence-corrected chi connectivity index (χ3v) is 7.29. The van der Waals surface area contributed by atoms with Gasteiger partial charge in [0.1, 0.15) is 5.76 Å². The Bertz CT molecular complexity index is 988. The van der Waals surface area contributed by atoms with Crippen LogP contribution in [-0.4, -0.2) is 25.1 Å². The number of benzene rings is 1. The maximum absolute atomic E-state index is 12.5. The van der Waals surface area contributed by atoms with Crippen molar-refractivity contribution in [2.24, 2.45) is 0 Å². The second-order valence-electron chi connectivity index (χ2n) is 7.37. The number of rotatable bonds is 4. The van der Waals surface area contributed by atoms with E-state index in [0.717, 1.165) is 35.1 Å². The summed E-state index contributed by atoms with van der Waals surface area (Å²) in [6.45, 7) is 5.30. The van der Waals surface area contributed by atoms with Gasteiger partial charge < -0.3 is 5.11 Å². The Morgan fingerprint density at radius 1 is 1.15 bits per heavy atom. The number of aliphatic hydroxyl groups is 1. The Morgan fingerprint density at radius 3 is 2.33 bits per heavy atom. The first-order valence-electron chi connectivity index (χ1n) is 9.15. The van der Waals surface area contributed by atoms with Gasteiger partial charge in [-0.15, -0.1) is 0 Å². The first-order valence-corrected chi connectivity index (χ1v) is 11.5. The summed E-state index contributed by atoms with van der Waals surface area (Å²) in [7, 11) is 1.82. The van der Waals surface area contributed by atoms with E-state index >= 15 is 0 Å². The molecule has 1 aromatic rings. The zero-order chi connectivity index (χ0) is 20.1. The van der Waals surface area contributed by atoms with Crippen molar-refractivity contribution in [3.8, 4) is 0 Å². The van der Waals surface area contributed by atoms with Gasteiger partial charge in [0.15, 0.2) is 11.6 Å². The summed E-state index contributed by atoms with van der Waals surface area (Å²) < 4.78 is 24.5. The molecule has 0 heterocycles. The Balaban J connectivity index is 2.19. The zero-order valence-electron chi connectivity index (χ0n) is 15.7. The van der Waals surface area contributed by atoms with Gasteiger partial charge in [0, 0.05) is 29.9 Å². The van der Waals surface area contributed by atoms with Crippen molar-refractivity contribution < 1.29 is 23.1 Å². The van der Waals surface area contributed by atoms with Crippen molar-refractivity contribution in [2.75, 3.05) is 0 Å². The van der Waals surface area contributed by atoms with Crippen molar-refractivity contribution in [3.63, 3.8) is 0 Å². The van der Waals surface area contributed by atoms with Crippen molar-refractivity contribution in [2.45, 2.75) is 70.1 Å². The minimum absolute atomic E-state index is 0.0768. The fourth-order valence-electron chi connectivity index (χ4n) is 4.73. The lowest BCUT2D eigenvalue weighted by Crippen LogP contribution is -2.24. The molecule has 1 atom stereocenters. The van der Waals surface area contributed by atoms with Crippen LogP contribution >= 0.6 is 10.7 Å². The van der Waals surface area contributed by atoms with E-state index in [4.69, 9.17) is 10.7 Å². The molecule has 1 aromatic carbocycles. The topological polar surface area (TPSA) is 88.5 Å². The van der Waals surface area contributed by atoms with Crippen LogP contribution in [0.1, 0.15) is 66.3 Å². The molecule has 5 nitrogen and oxygen atoms in total. The number of allylic oxidation sites excluding steroid dienone is 2. The monoisotopic (exact) mass is 410 g/mol. The van der Waals surface area contributed by atoms with E-state index in [1.165, 1.54) is 0 Å². The SMILES string of the molecule is CCC(=O)C1=C(O)CC(c2c(C)c3c(c(S(=O)(=O)Cl)c2C)CCC3)CC1=O. The van der Waals surface area contributed by atoms with Gasteiger partial charge in [-0.05, 0) is 66.8 Å². The van der Waals surface area contributed by atoms with Crippen LogP contribution in [0.5, 0.6) is 0 Å². The van der Waals surface area contributed by atoms with Crippen molar-refractivity contribution >= 4 is 31.3 Å². The molecule has 0 aromatic heterocycles. The van der Waals surface area contributed by atoms with Crippen LogP contribution in [0.3, 0.4) is 0 Å². The lowest BCUT2D eigenvalue weighted by molar-refractivity contribution is -0.122. The Labute approximate surface area is 163 Å². The predicted octanol–water partition coefficient (Wildman–Crippen LogP) is 3.96. The van der Waals surface area contributed by atoms with Crippen LogP contribution < -0.4 is 0 Å². The van der Waals surface area contributed by atoms with E-state index in [-0.39, 0.29) is 53.0 Å². The first-order chi connectivity index (χ1) is 12.6. The molecule has 0 aliphatic heterocycles. The maximum Gasteiger partial charge on any atom is 0.261 e. The van der Waals surface area contributed by atoms with Crippen LogP contribution in [0.2, 0.25) is 0 Å². The normalized spacial score (nSPS) is 20.1. The molecule has 7 heteroatoms. The molecule has 0 radical (unpaired) electrons. The molecule has 2 aliphatic carbocycles. The van der Waals surface area contributed by atoms with E-state index in [1.54, 1.807) is 13.8 Å². The summed E-state index contributed by atoms with van der Waals surface area (Å²) >= 11 is 0. The Morgan fingerprint density at radius 2 is 1.78 bits per heavy atom. The zero-order valence-corrected chi connectivity index (χ0v) is 17.3. The lowest BCUT2D eigenvalue weighted by Gasteiger charge is -2.28. The molecule has 0 spiro atoms. The summed E-state index contributed by atoms with van der Waals surface area (Å²) in [5.41, 5.74) is 3.96. The molecule has 1 N–H and O–H groups in total. The summed E-state index contributed by atoms with van der Waals surface area (Å²) in [5.74, 6) is -1.31. The van der Waals surface area contributed by atoms with E-state index in [9.17, 15) is 23.1 Å². The predicted molar refractivity (Wildman–Crippen MR) is 103 cm³/mol. The smallest absolute Gasteiger partial charge is 0.261 e. The number of hydrogen-bond acceptors (Lipinski definition) is 5. The number of ketones is 2. The van der Waals surface area contributed by atoms with E-state index in [0.29, 0.717) is 12.0 Å². The van der Waals surface area contributed by atoms with E-state index in [2.05, 4.69) is 0 Å². The number of carbonyl (C=O) groups is 2. The molecule has 0 saturated heterocycles. The minimum Gasteiger partial charge on any atom is -0.511 e. The summed E-state index contributed by atoms with van der Waals surface area (Å²) in [5, 5.41) is 10.4. The van der Waals surface area contributed by atoms with Gasteiger partial charge >= 0.3 is 0 Å². The standard InChI is InChI=1S/C20H23ClO5S/c1-4-15(22)19-16(23)8-12(9-17(19)24)18-10(2)13-6-5-7-14(13)20(11(18)3)27(21,25)26/h12,23H,4-9H2,1-3H3. The summed E-state index contributed by atoms with van der Waals surface area (Å²) in [6.07, 6.45) is 2.69. The van der Waals surface area contributed by atoms with Gasteiger partial charge in [0.05, 0.1) is 10.5 Å². The fourth-order valence-corrected chi connectivity index (χ4v) is 6.36. The summed E-state index contributed by atoms with van der Waals surface area (Å²) in [6, 6.07) is 0. The van der Waals surface area contributed by atoms with Crippen LogP contribution in [0.4, 0.5) is 0 Å². The highest BCUT2D eigenvalue weighted by Gasteiger charge is 2.36. The van der Waals surface area contributed by atoms with E-state index in [1.807, 2.05) is 6.92 Å². The van der Waals surface area contributed by atoms with Crippen molar-refractivity contribution in [1.82, 2.24) is 0 Å². The number of Topliss-reactive ketones (excluding diaryl/α,β-unsaturated/α-hetero) is 2. The Kier molecular flexibility index (Phi) is 5.25. The quantitative estimate of drug-likeness (QED) is 0.599. The highest BCUT2D eigenvalue weighted by molar-refractivity contribution is 8.13. The first kappa shape index (κ1) is 20.1. The molecular weight excluding hydrogens is 388 g/mol. The van der Waals surface area contributed by atoms with Crippen LogP contribution in [0.15, 0.2) is 16.2 Å². The van der Waals surface area contributed by atoms with Gasteiger partial charge in [-0.25, -0.2) is 8.42 Å². The van der Waals surface area contributed by atoms with Crippen molar-refractivity contribution in [3.05, 3.63) is 39.1 Å². The van der Waals surface area contributed by atoms with Gasteiger partial charge in [-0.2, -0.15) is 0 Å². The second-order valence-corrected chi connectivity index (χ2v) is 9.87. The molecule has 0 saturated carbocycles. The molecule has 0 fully saturated rings. The van der Waals surface area contributed by atoms with Gasteiger partial charge in [0.25, 0.3) is 9.05 Å². The fraction of sp³-hybridized carbons (Fsp3) is 0.500. The van der Waals surface area contributed by atoms with Crippen LogP contribution in [-0.2, 0) is 31.5 Å². The molecule has 2 aliphatic rings. The third kappa shape index (κ3) is 3.34. The van der Waals surface area contributed by atoms with Gasteiger partial charge in [0.2, 0.25) is 0 Å². The molecule has 3 rings (SSSR count). The third-order valence-electron chi connectivity index (χ3n) is 5.78. The molecular formula is C20H23ClO5S. The van der Waals surface area contributed by atoms with Crippen LogP contribution in [0, 0.1) is 13.8 Å². The minimum atomic E-state index is -3.93. The average molecular weight is 411 g/mol. The average Bonchev–Trinajstić information content (AvgIpc) is 3.02. The molecule has 0 bridgehead atoms. The number of carbonyl (C=O) groups excluding carboxylic acids is 2. The van der Waals surface area contributed by atoms with Gasteiger partial charge in [-0.3, -0.25) is 9.59 Å². The number of halogens is 1. The molecule has 1 unspecified atom stereocenters. The Hall–Kier alpha value is -1.66. The largest absolute Gasteiger partial charge is 0.511 e. The highest BCUT2D eigenvalue weighted by Crippen LogP contribution is 2.44. The molecule has 0 amide bonds. The summed E-state index contributed by atoms with van der Waals surface area (Å²) in [4.78, 5) is 24.7. The maximum atomic E-state index is 12.5. The number of hydrogen-bond donors (Lipinski definition) is 1. The molecule has 146 valence electrons. The number of aliphatic hydroxyl groups excluding tert-OH is 1. The van der Waals surface area contributed by atoms with Crippen molar-refractivity contribution in [1.29, 1.82) is 0 Å². The van der Waals surface area contributed by atoms with Crippen LogP contribution in [0.25, 0.3) is 0 Å². The van der Waals surface area contributed by atoms with Gasteiger partial charge in [-0.1, -0.05) is 6.92 Å². The second kappa shape index (κ2) is 7.06. The highest BCUT2D eigenvalue weighted by atomic mass is 35.7.